The van der Waals surface area contributed by atoms with Crippen molar-refractivity contribution in [2.75, 3.05) is 0 Å². The van der Waals surface area contributed by atoms with Crippen LogP contribution in [0.15, 0.2) is 159 Å². The second kappa shape index (κ2) is 44.1. The maximum absolute atomic E-state index is 11.8. The summed E-state index contributed by atoms with van der Waals surface area (Å²) in [6.45, 7) is 2.22. The van der Waals surface area contributed by atoms with Gasteiger partial charge in [0.2, 0.25) is 0 Å². The lowest BCUT2D eigenvalue weighted by molar-refractivity contribution is -0.120. The predicted molar refractivity (Wildman–Crippen MR) is 469 cm³/mol. The Balaban J connectivity index is 0.000000124. The van der Waals surface area contributed by atoms with Gasteiger partial charge in [-0.05, 0) is 239 Å². The molecular weight excluding hydrogens is 1590 g/mol. The number of aryl methyl sites for hydroxylation is 2. The molecule has 0 aromatic carbocycles. The number of halogens is 5. The SMILES string of the molecule is C1=C(c2ncnc3[nH]ccc23)CCCC1.CC1=CCCCC1.Clc1ncnc2[nH]ccc12.Cn1ccc2c(C3=CCCCC3)ncnc21.Cn1ccc2c(Cl)ncnc21.O=C1CCCCC1.O=S(=O)(OC1=CCCCC1)C(F)(F)F.OB(O)C1=CCCCC1.c1nc(C23CCCCC2C3)c2cc[nH]c2n1.c1nc(C2CCCCC2)c2cc[nH]c2n1. The molecule has 2 atom stereocenters. The normalized spacial score (nSPS) is 19.0. The van der Waals surface area contributed by atoms with Crippen LogP contribution in [0.1, 0.15) is 260 Å². The summed E-state index contributed by atoms with van der Waals surface area (Å²) in [6.07, 6.45) is 72.1. The number of fused-ring (bicyclic) bond motifs is 7. The molecule has 0 bridgehead atoms. The third-order valence-corrected chi connectivity index (χ3v) is 24.9. The highest BCUT2D eigenvalue weighted by Gasteiger charge is 2.57. The minimum Gasteiger partial charge on any atom is -0.423 e. The minimum atomic E-state index is -5.47. The molecule has 4 fully saturated rings. The van der Waals surface area contributed by atoms with Crippen LogP contribution < -0.4 is 0 Å². The lowest BCUT2D eigenvalue weighted by Gasteiger charge is -2.21. The smallest absolute Gasteiger partial charge is 0.423 e. The molecule has 4 saturated carbocycles. The van der Waals surface area contributed by atoms with Gasteiger partial charge < -0.3 is 43.3 Å². The molecule has 6 N–H and O–H groups in total. The minimum absolute atomic E-state index is 0.103. The van der Waals surface area contributed by atoms with E-state index in [-0.39, 0.29) is 12.2 Å². The molecular formula is C89H110BCl2F3N18O6S. The van der Waals surface area contributed by atoms with E-state index in [0.717, 1.165) is 137 Å². The van der Waals surface area contributed by atoms with E-state index in [1.165, 1.54) is 199 Å². The third-order valence-electron chi connectivity index (χ3n) is 23.3. The first kappa shape index (κ1) is 89.5. The number of aromatic nitrogens is 18. The van der Waals surface area contributed by atoms with Crippen LogP contribution in [0.5, 0.6) is 0 Å². The number of hydrogen-bond donors (Lipinski definition) is 6. The van der Waals surface area contributed by atoms with Crippen molar-refractivity contribution in [3.63, 3.8) is 0 Å². The van der Waals surface area contributed by atoms with Gasteiger partial charge in [-0.3, -0.25) is 4.79 Å². The molecule has 12 aromatic rings. The number of hydrogen-bond acceptors (Lipinski definition) is 18. The maximum Gasteiger partial charge on any atom is 0.534 e. The van der Waals surface area contributed by atoms with E-state index in [9.17, 15) is 26.4 Å². The first-order valence-corrected chi connectivity index (χ1v) is 44.7. The van der Waals surface area contributed by atoms with Crippen LogP contribution in [0.25, 0.3) is 77.3 Å². The molecule has 0 radical (unpaired) electrons. The van der Waals surface area contributed by atoms with Crippen molar-refractivity contribution in [3.05, 3.63) is 192 Å². The van der Waals surface area contributed by atoms with E-state index >= 15 is 0 Å². The summed E-state index contributed by atoms with van der Waals surface area (Å²) in [5.41, 5.74) is 10.6. The Morgan fingerprint density at radius 1 is 0.475 bits per heavy atom. The zero-order chi connectivity index (χ0) is 84.3. The van der Waals surface area contributed by atoms with Gasteiger partial charge in [0.05, 0.1) is 33.5 Å². The van der Waals surface area contributed by atoms with Crippen LogP contribution in [0, 0.1) is 5.92 Å². The van der Waals surface area contributed by atoms with E-state index in [2.05, 4.69) is 133 Å². The van der Waals surface area contributed by atoms with Gasteiger partial charge in [-0.1, -0.05) is 91.6 Å². The van der Waals surface area contributed by atoms with E-state index in [1.54, 1.807) is 37.1 Å². The molecule has 120 heavy (non-hydrogen) atoms. The number of alkyl halides is 3. The molecule has 636 valence electrons. The summed E-state index contributed by atoms with van der Waals surface area (Å²) in [4.78, 5) is 73.5. The number of aromatic amines is 4. The number of Topliss-reactive ketones (excluding diaryl/α,β-unsaturated/α-hetero) is 1. The molecule has 31 heteroatoms. The van der Waals surface area contributed by atoms with Crippen molar-refractivity contribution in [1.29, 1.82) is 0 Å². The molecule has 21 rings (SSSR count). The van der Waals surface area contributed by atoms with Crippen LogP contribution in [0.4, 0.5) is 13.2 Å². The van der Waals surface area contributed by atoms with Crippen LogP contribution in [0.3, 0.4) is 0 Å². The highest BCUT2D eigenvalue weighted by molar-refractivity contribution is 7.87. The Kier molecular flexibility index (Phi) is 32.9. The van der Waals surface area contributed by atoms with Crippen molar-refractivity contribution in [1.82, 2.24) is 88.9 Å². The maximum atomic E-state index is 11.8. The van der Waals surface area contributed by atoms with Gasteiger partial charge in [-0.25, -0.2) is 59.8 Å². The fraction of sp³-hybridized carbons (Fsp3) is 0.472. The molecule has 12 heterocycles. The van der Waals surface area contributed by atoms with Crippen LogP contribution in [-0.4, -0.2) is 126 Å². The Morgan fingerprint density at radius 2 is 0.942 bits per heavy atom. The van der Waals surface area contributed by atoms with Crippen molar-refractivity contribution < 1.29 is 40.6 Å². The van der Waals surface area contributed by atoms with Crippen LogP contribution >= 0.6 is 23.2 Å². The lowest BCUT2D eigenvalue weighted by atomic mass is 9.74. The summed E-state index contributed by atoms with van der Waals surface area (Å²) in [6, 6.07) is 12.1. The average Bonchev–Trinajstić information content (AvgIpc) is 1.55. The number of H-pyrrole nitrogens is 4. The van der Waals surface area contributed by atoms with Gasteiger partial charge >= 0.3 is 22.7 Å². The molecule has 0 aliphatic heterocycles. The first-order chi connectivity index (χ1) is 58.2. The zero-order valence-corrected chi connectivity index (χ0v) is 71.2. The Hall–Kier alpha value is -9.81. The molecule has 9 aliphatic carbocycles. The van der Waals surface area contributed by atoms with Gasteiger partial charge in [0.1, 0.15) is 93.7 Å². The van der Waals surface area contributed by atoms with Gasteiger partial charge in [0, 0.05) is 103 Å². The number of rotatable bonds is 7. The van der Waals surface area contributed by atoms with Crippen molar-refractivity contribution in [2.45, 2.75) is 248 Å². The first-order valence-electron chi connectivity index (χ1n) is 42.5. The number of nitrogens with zero attached hydrogens (tertiary/aromatic N) is 14. The summed E-state index contributed by atoms with van der Waals surface area (Å²) in [5.74, 6) is 1.91. The van der Waals surface area contributed by atoms with Gasteiger partial charge in [0.25, 0.3) is 0 Å². The Labute approximate surface area is 709 Å². The number of ketones is 1. The third kappa shape index (κ3) is 24.5. The van der Waals surface area contributed by atoms with Gasteiger partial charge in [-0.15, -0.1) is 0 Å². The van der Waals surface area contributed by atoms with Crippen molar-refractivity contribution >= 4 is 124 Å². The molecule has 9 aliphatic rings. The average molecular weight is 1700 g/mol. The zero-order valence-electron chi connectivity index (χ0n) is 68.8. The molecule has 0 amide bonds. The summed E-state index contributed by atoms with van der Waals surface area (Å²) >= 11 is 11.5. The second-order valence-electron chi connectivity index (χ2n) is 31.8. The summed E-state index contributed by atoms with van der Waals surface area (Å²) < 4.78 is 64.5. The Bertz CT molecular complexity index is 5600. The number of nitrogens with one attached hydrogen (secondary N) is 4. The fourth-order valence-electron chi connectivity index (χ4n) is 16.7. The summed E-state index contributed by atoms with van der Waals surface area (Å²) in [5, 5.41) is 24.9. The fourth-order valence-corrected chi connectivity index (χ4v) is 17.7. The van der Waals surface area contributed by atoms with Crippen molar-refractivity contribution in [3.8, 4) is 0 Å². The van der Waals surface area contributed by atoms with Crippen LogP contribution in [0.2, 0.25) is 10.3 Å². The largest absolute Gasteiger partial charge is 0.534 e. The van der Waals surface area contributed by atoms with Gasteiger partial charge in [0.15, 0.2) is 0 Å². The van der Waals surface area contributed by atoms with E-state index < -0.39 is 22.7 Å². The standard InChI is InChI=1S/2C13H15N3.C12H15N3.C12H13N3.C7H6ClN3.C7H9F3O3S.C7H12.C6H11BO2.C6H4ClN3.C6H10O/c1-2-5-13(7-9(13)3-1)11-10-4-6-14-12(10)16-8-15-11;1-16-8-7-11-12(14-9-15-13(11)16)10-5-3-2-4-6-10;2*1-2-4-9(5-3-1)11-10-6-7-13-12(10)15-8-14-11;1-11-3-2-5-6(8)9-4-10-7(5)11;8-7(9,10)14(11,12)13-6-4-2-1-3-5-6;1-7-5-3-2-4-6-7;8-7(9)6-4-2-1-3-5-6;7-5-4-1-2-8-6(4)10-3-9-5;7-6-4-2-1-3-5-6/h4,6,8-9H,1-3,5,7H2,(H,14,15,16);5,7-9H,2-4,6H2,1H3;6-9H,1-5H2,(H,13,14,15);4,6-8H,1-3,5H2,(H,13,14,15);2-4H,1H3;4H,1-3,5H2;5H,2-4,6H2,1H3;4,8-9H,1-3,5H2;1-3H,(H,8,9,10);1-5H2. The van der Waals surface area contributed by atoms with E-state index in [4.69, 9.17) is 33.2 Å². The highest BCUT2D eigenvalue weighted by atomic mass is 35.5. The second-order valence-corrected chi connectivity index (χ2v) is 34.1. The number of carbonyl (C=O) groups is 1. The Morgan fingerprint density at radius 3 is 1.46 bits per heavy atom. The van der Waals surface area contributed by atoms with Crippen molar-refractivity contribution in [2.24, 2.45) is 20.0 Å². The van der Waals surface area contributed by atoms with E-state index in [1.807, 2.05) is 72.4 Å². The lowest BCUT2D eigenvalue weighted by Crippen LogP contribution is -2.25. The summed E-state index contributed by atoms with van der Waals surface area (Å²) in [7, 11) is -2.72. The molecule has 0 spiro atoms. The monoisotopic (exact) mass is 1700 g/mol. The molecule has 2 unspecified atom stereocenters. The number of carbonyl (C=O) groups excluding carboxylic acids is 1. The number of allylic oxidation sites excluding steroid dienone is 10. The van der Waals surface area contributed by atoms with Gasteiger partial charge in [-0.2, -0.15) is 21.6 Å². The highest BCUT2D eigenvalue weighted by Crippen LogP contribution is 2.62. The molecule has 12 aromatic heterocycles. The quantitative estimate of drug-likeness (QED) is 0.0284. The molecule has 0 saturated heterocycles. The van der Waals surface area contributed by atoms with Crippen LogP contribution in [-0.2, 0) is 38.6 Å². The predicted octanol–water partition coefficient (Wildman–Crippen LogP) is 21.7. The van der Waals surface area contributed by atoms with E-state index in [0.29, 0.717) is 40.3 Å². The topological polar surface area (TPSA) is 329 Å². The molecule has 24 nitrogen and oxygen atoms in total.